The second-order valence-corrected chi connectivity index (χ2v) is 8.16. The highest BCUT2D eigenvalue weighted by atomic mass is 35.5. The van der Waals surface area contributed by atoms with Gasteiger partial charge in [0.25, 0.3) is 0 Å². The Morgan fingerprint density at radius 1 is 1.29 bits per heavy atom. The maximum Gasteiger partial charge on any atom is 0.417 e. The summed E-state index contributed by atoms with van der Waals surface area (Å²) in [5.41, 5.74) is 0.373. The van der Waals surface area contributed by atoms with Crippen molar-refractivity contribution in [2.75, 3.05) is 5.75 Å². The van der Waals surface area contributed by atoms with Gasteiger partial charge in [0, 0.05) is 19.4 Å². The third kappa shape index (κ3) is 3.01. The van der Waals surface area contributed by atoms with Gasteiger partial charge in [0.15, 0.2) is 17.2 Å². The van der Waals surface area contributed by atoms with Crippen molar-refractivity contribution in [2.45, 2.75) is 18.0 Å². The van der Waals surface area contributed by atoms with Crippen LogP contribution in [0.1, 0.15) is 12.5 Å². The van der Waals surface area contributed by atoms with Gasteiger partial charge in [-0.2, -0.15) is 18.3 Å². The molecular weight excluding hydrogens is 415 g/mol. The molecule has 1 atom stereocenters. The van der Waals surface area contributed by atoms with E-state index in [-0.39, 0.29) is 17.0 Å². The molecular formula is C17H13ClF3N5OS. The third-order valence-electron chi connectivity index (χ3n) is 4.29. The Labute approximate surface area is 165 Å². The summed E-state index contributed by atoms with van der Waals surface area (Å²) in [4.78, 5) is 8.67. The maximum atomic E-state index is 13.0. The number of aryl methyl sites for hydroxylation is 1. The molecule has 0 aliphatic heterocycles. The summed E-state index contributed by atoms with van der Waals surface area (Å²) in [6.45, 7) is 1.77. The van der Waals surface area contributed by atoms with Crippen molar-refractivity contribution in [3.8, 4) is 11.5 Å². The molecule has 1 unspecified atom stereocenters. The van der Waals surface area contributed by atoms with Gasteiger partial charge in [-0.15, -0.1) is 0 Å². The first-order chi connectivity index (χ1) is 13.2. The molecule has 0 spiro atoms. The van der Waals surface area contributed by atoms with Crippen molar-refractivity contribution in [1.29, 1.82) is 0 Å². The van der Waals surface area contributed by atoms with Crippen molar-refractivity contribution >= 4 is 39.5 Å². The van der Waals surface area contributed by atoms with Gasteiger partial charge in [0.1, 0.15) is 16.8 Å². The first-order valence-electron chi connectivity index (χ1n) is 8.17. The number of pyridine rings is 2. The van der Waals surface area contributed by atoms with Crippen LogP contribution in [0.2, 0.25) is 5.02 Å². The van der Waals surface area contributed by atoms with E-state index in [0.717, 1.165) is 12.3 Å². The highest BCUT2D eigenvalue weighted by Crippen LogP contribution is 2.34. The number of halogens is 4. The normalized spacial score (nSPS) is 13.5. The van der Waals surface area contributed by atoms with Gasteiger partial charge in [-0.3, -0.25) is 0 Å². The summed E-state index contributed by atoms with van der Waals surface area (Å²) in [5.74, 6) is 0.621. The van der Waals surface area contributed by atoms with Gasteiger partial charge in [0.05, 0.1) is 10.6 Å². The molecule has 0 bridgehead atoms. The molecule has 0 amide bonds. The first kappa shape index (κ1) is 19.0. The summed E-state index contributed by atoms with van der Waals surface area (Å²) in [6, 6.07) is 4.30. The largest absolute Gasteiger partial charge is 0.611 e. The molecule has 0 radical (unpaired) electrons. The van der Waals surface area contributed by atoms with E-state index in [1.54, 1.807) is 32.3 Å². The van der Waals surface area contributed by atoms with E-state index in [9.17, 15) is 17.7 Å². The number of hydrogen-bond acceptors (Lipinski definition) is 4. The zero-order chi connectivity index (χ0) is 20.2. The molecule has 6 nitrogen and oxygen atoms in total. The van der Waals surface area contributed by atoms with Crippen LogP contribution < -0.4 is 0 Å². The van der Waals surface area contributed by atoms with Crippen molar-refractivity contribution in [3.63, 3.8) is 0 Å². The molecule has 0 fully saturated rings. The minimum absolute atomic E-state index is 0.0793. The second kappa shape index (κ2) is 6.64. The van der Waals surface area contributed by atoms with Crippen molar-refractivity contribution < 1.29 is 17.7 Å². The monoisotopic (exact) mass is 427 g/mol. The van der Waals surface area contributed by atoms with E-state index in [4.69, 9.17) is 11.6 Å². The summed E-state index contributed by atoms with van der Waals surface area (Å²) in [7, 11) is 1.63. The summed E-state index contributed by atoms with van der Waals surface area (Å²) in [5, 5.41) is 4.89. The standard InChI is InChI=1S/C17H13ClF3N5OS/c1-3-28(27)14-12-5-4-10(18)8-26(12)24-13(14)16-23-11-6-9(17(19,20)21)7-22-15(11)25(16)2/h4-8H,3H2,1-2H3. The Hall–Kier alpha value is -2.30. The Morgan fingerprint density at radius 2 is 2.04 bits per heavy atom. The fourth-order valence-electron chi connectivity index (χ4n) is 2.96. The zero-order valence-corrected chi connectivity index (χ0v) is 16.2. The van der Waals surface area contributed by atoms with Gasteiger partial charge in [-0.25, -0.2) is 14.5 Å². The Balaban J connectivity index is 1.99. The average Bonchev–Trinajstić information content (AvgIpc) is 3.17. The lowest BCUT2D eigenvalue weighted by Crippen LogP contribution is -2.06. The molecule has 4 heterocycles. The fourth-order valence-corrected chi connectivity index (χ4v) is 4.15. The van der Waals surface area contributed by atoms with Crippen LogP contribution in [0.4, 0.5) is 13.2 Å². The smallest absolute Gasteiger partial charge is 0.417 e. The molecule has 0 N–H and O–H groups in total. The number of fused-ring (bicyclic) bond motifs is 2. The van der Waals surface area contributed by atoms with Crippen molar-refractivity contribution in [3.05, 3.63) is 41.2 Å². The number of imidazole rings is 1. The van der Waals surface area contributed by atoms with Crippen LogP contribution in [0, 0.1) is 0 Å². The van der Waals surface area contributed by atoms with E-state index in [2.05, 4.69) is 15.1 Å². The lowest BCUT2D eigenvalue weighted by Gasteiger charge is -2.08. The van der Waals surface area contributed by atoms with Gasteiger partial charge in [-0.05, 0) is 36.3 Å². The van der Waals surface area contributed by atoms with Crippen molar-refractivity contribution in [1.82, 2.24) is 24.1 Å². The minimum atomic E-state index is -4.52. The molecule has 0 saturated heterocycles. The van der Waals surface area contributed by atoms with Crippen molar-refractivity contribution in [2.24, 2.45) is 7.05 Å². The van der Waals surface area contributed by atoms with E-state index >= 15 is 0 Å². The van der Waals surface area contributed by atoms with Crippen LogP contribution in [0.5, 0.6) is 0 Å². The van der Waals surface area contributed by atoms with Gasteiger partial charge in [0.2, 0.25) is 4.90 Å². The van der Waals surface area contributed by atoms with Gasteiger partial charge < -0.3 is 9.12 Å². The lowest BCUT2D eigenvalue weighted by molar-refractivity contribution is -0.137. The summed E-state index contributed by atoms with van der Waals surface area (Å²) >= 11 is 4.64. The highest BCUT2D eigenvalue weighted by molar-refractivity contribution is 7.91. The van der Waals surface area contributed by atoms with E-state index < -0.39 is 22.9 Å². The van der Waals surface area contributed by atoms with E-state index in [1.807, 2.05) is 0 Å². The van der Waals surface area contributed by atoms with Crippen LogP contribution in [0.3, 0.4) is 0 Å². The molecule has 146 valence electrons. The number of hydrogen-bond donors (Lipinski definition) is 0. The van der Waals surface area contributed by atoms with Gasteiger partial charge >= 0.3 is 6.18 Å². The minimum Gasteiger partial charge on any atom is -0.611 e. The molecule has 4 aromatic rings. The predicted molar refractivity (Wildman–Crippen MR) is 99.7 cm³/mol. The van der Waals surface area contributed by atoms with Gasteiger partial charge in [-0.1, -0.05) is 11.6 Å². The van der Waals surface area contributed by atoms with E-state index in [0.29, 0.717) is 26.9 Å². The average molecular weight is 428 g/mol. The molecule has 4 rings (SSSR count). The summed E-state index contributed by atoms with van der Waals surface area (Å²) in [6.07, 6.45) is -2.19. The zero-order valence-electron chi connectivity index (χ0n) is 14.7. The molecule has 28 heavy (non-hydrogen) atoms. The Morgan fingerprint density at radius 3 is 2.71 bits per heavy atom. The predicted octanol–water partition coefficient (Wildman–Crippen LogP) is 4.08. The highest BCUT2D eigenvalue weighted by Gasteiger charge is 2.33. The van der Waals surface area contributed by atoms with Crippen LogP contribution in [0.15, 0.2) is 35.5 Å². The molecule has 4 aromatic heterocycles. The maximum absolute atomic E-state index is 13.0. The molecule has 0 aliphatic carbocycles. The molecule has 11 heteroatoms. The summed E-state index contributed by atoms with van der Waals surface area (Å²) < 4.78 is 54.7. The second-order valence-electron chi connectivity index (χ2n) is 6.05. The van der Waals surface area contributed by atoms with Crippen LogP contribution >= 0.6 is 11.6 Å². The van der Waals surface area contributed by atoms with Crippen LogP contribution in [-0.2, 0) is 24.4 Å². The van der Waals surface area contributed by atoms with Crippen LogP contribution in [0.25, 0.3) is 28.2 Å². The first-order valence-corrected chi connectivity index (χ1v) is 9.86. The van der Waals surface area contributed by atoms with Crippen LogP contribution in [-0.4, -0.2) is 34.5 Å². The number of rotatable bonds is 3. The molecule has 0 aliphatic rings. The molecule has 0 aromatic carbocycles. The number of nitrogens with zero attached hydrogens (tertiary/aromatic N) is 5. The number of aromatic nitrogens is 5. The fraction of sp³-hybridized carbons (Fsp3) is 0.235. The van der Waals surface area contributed by atoms with E-state index in [1.165, 1.54) is 9.08 Å². The molecule has 0 saturated carbocycles. The third-order valence-corrected chi connectivity index (χ3v) is 5.89. The SMILES string of the molecule is CC[S+]([O-])c1c(-c2nc3cc(C(F)(F)F)cnc3n2C)nn2cc(Cl)ccc12. The Kier molecular flexibility index (Phi) is 4.52. The lowest BCUT2D eigenvalue weighted by atomic mass is 10.2. The topological polar surface area (TPSA) is 71.1 Å². The Bertz CT molecular complexity index is 1200. The number of alkyl halides is 3. The quantitative estimate of drug-likeness (QED) is 0.462.